The topological polar surface area (TPSA) is 94.6 Å². The lowest BCUT2D eigenvalue weighted by Gasteiger charge is -2.11. The van der Waals surface area contributed by atoms with Crippen LogP contribution in [0.5, 0.6) is 17.2 Å². The van der Waals surface area contributed by atoms with Crippen molar-refractivity contribution in [3.05, 3.63) is 66.0 Å². The molecule has 0 radical (unpaired) electrons. The summed E-state index contributed by atoms with van der Waals surface area (Å²) in [5.74, 6) is 2.14. The molecule has 8 heteroatoms. The van der Waals surface area contributed by atoms with E-state index >= 15 is 0 Å². The lowest BCUT2D eigenvalue weighted by atomic mass is 10.2. The Kier molecular flexibility index (Phi) is 6.47. The molecule has 0 bridgehead atoms. The SMILES string of the molecule is COc1ccc(CNC(=O)c2cnc(Nc3cc(OC)ccc3OC)nc2)cc1. The Morgan fingerprint density at radius 2 is 1.55 bits per heavy atom. The Labute approximate surface area is 168 Å². The quantitative estimate of drug-likeness (QED) is 0.606. The van der Waals surface area contributed by atoms with E-state index in [0.29, 0.717) is 35.2 Å². The molecule has 2 aromatic carbocycles. The molecule has 3 aromatic rings. The normalized spacial score (nSPS) is 10.2. The van der Waals surface area contributed by atoms with Crippen LogP contribution < -0.4 is 24.8 Å². The minimum Gasteiger partial charge on any atom is -0.497 e. The van der Waals surface area contributed by atoms with Gasteiger partial charge >= 0.3 is 0 Å². The van der Waals surface area contributed by atoms with E-state index in [1.165, 1.54) is 12.4 Å². The number of amides is 1. The van der Waals surface area contributed by atoms with Crippen LogP contribution in [0.15, 0.2) is 54.9 Å². The van der Waals surface area contributed by atoms with E-state index in [-0.39, 0.29) is 5.91 Å². The molecule has 29 heavy (non-hydrogen) atoms. The van der Waals surface area contributed by atoms with Gasteiger partial charge in [-0.25, -0.2) is 9.97 Å². The Morgan fingerprint density at radius 3 is 2.17 bits per heavy atom. The summed E-state index contributed by atoms with van der Waals surface area (Å²) >= 11 is 0. The Balaban J connectivity index is 1.62. The van der Waals surface area contributed by atoms with Gasteiger partial charge in [0.05, 0.1) is 32.6 Å². The molecule has 8 nitrogen and oxygen atoms in total. The van der Waals surface area contributed by atoms with Gasteiger partial charge in [-0.3, -0.25) is 4.79 Å². The molecule has 0 saturated heterocycles. The lowest BCUT2D eigenvalue weighted by molar-refractivity contribution is 0.0950. The summed E-state index contributed by atoms with van der Waals surface area (Å²) in [6, 6.07) is 12.8. The number of rotatable bonds is 8. The average Bonchev–Trinajstić information content (AvgIpc) is 2.78. The standard InChI is InChI=1S/C21H22N4O4/c1-27-16-6-4-14(5-7-16)11-22-20(26)15-12-23-21(24-13-15)25-18-10-17(28-2)8-9-19(18)29-3/h4-10,12-13H,11H2,1-3H3,(H,22,26)(H,23,24,25). The van der Waals surface area contributed by atoms with Crippen LogP contribution in [0.3, 0.4) is 0 Å². The van der Waals surface area contributed by atoms with E-state index in [9.17, 15) is 4.79 Å². The van der Waals surface area contributed by atoms with Crippen LogP contribution in [0.4, 0.5) is 11.6 Å². The van der Waals surface area contributed by atoms with E-state index in [2.05, 4.69) is 20.6 Å². The third-order valence-corrected chi connectivity index (χ3v) is 4.18. The maximum atomic E-state index is 12.3. The molecule has 0 unspecified atom stereocenters. The molecule has 0 aliphatic heterocycles. The van der Waals surface area contributed by atoms with Crippen molar-refractivity contribution in [2.45, 2.75) is 6.54 Å². The monoisotopic (exact) mass is 394 g/mol. The highest BCUT2D eigenvalue weighted by atomic mass is 16.5. The van der Waals surface area contributed by atoms with Crippen molar-refractivity contribution in [3.8, 4) is 17.2 Å². The molecular weight excluding hydrogens is 372 g/mol. The molecular formula is C21H22N4O4. The number of anilines is 2. The molecule has 1 aromatic heterocycles. The van der Waals surface area contributed by atoms with Crippen LogP contribution in [-0.2, 0) is 6.54 Å². The summed E-state index contributed by atoms with van der Waals surface area (Å²) in [7, 11) is 4.77. The van der Waals surface area contributed by atoms with Crippen LogP contribution in [0.1, 0.15) is 15.9 Å². The van der Waals surface area contributed by atoms with Crippen molar-refractivity contribution < 1.29 is 19.0 Å². The zero-order chi connectivity index (χ0) is 20.6. The highest BCUT2D eigenvalue weighted by Gasteiger charge is 2.10. The number of carbonyl (C=O) groups is 1. The molecule has 1 heterocycles. The number of aromatic nitrogens is 2. The minimum absolute atomic E-state index is 0.258. The average molecular weight is 394 g/mol. The van der Waals surface area contributed by atoms with Gasteiger partial charge in [0.1, 0.15) is 17.2 Å². The predicted octanol–water partition coefficient (Wildman–Crippen LogP) is 3.18. The van der Waals surface area contributed by atoms with Crippen molar-refractivity contribution in [2.75, 3.05) is 26.6 Å². The second-order valence-corrected chi connectivity index (χ2v) is 6.02. The molecule has 1 amide bonds. The van der Waals surface area contributed by atoms with Crippen LogP contribution in [0, 0.1) is 0 Å². The molecule has 0 aliphatic carbocycles. The van der Waals surface area contributed by atoms with Gasteiger partial charge in [0.15, 0.2) is 0 Å². The molecule has 0 aliphatic rings. The van der Waals surface area contributed by atoms with Crippen LogP contribution in [0.2, 0.25) is 0 Å². The second-order valence-electron chi connectivity index (χ2n) is 6.02. The van der Waals surface area contributed by atoms with Gasteiger partial charge in [0.2, 0.25) is 5.95 Å². The van der Waals surface area contributed by atoms with E-state index < -0.39 is 0 Å². The third kappa shape index (κ3) is 5.13. The maximum Gasteiger partial charge on any atom is 0.254 e. The van der Waals surface area contributed by atoms with E-state index in [1.54, 1.807) is 39.5 Å². The van der Waals surface area contributed by atoms with Crippen molar-refractivity contribution in [1.29, 1.82) is 0 Å². The minimum atomic E-state index is -0.258. The number of nitrogens with one attached hydrogen (secondary N) is 2. The van der Waals surface area contributed by atoms with Crippen LogP contribution >= 0.6 is 0 Å². The van der Waals surface area contributed by atoms with E-state index in [4.69, 9.17) is 14.2 Å². The highest BCUT2D eigenvalue weighted by molar-refractivity contribution is 5.93. The number of methoxy groups -OCH3 is 3. The van der Waals surface area contributed by atoms with Gasteiger partial charge in [-0.05, 0) is 29.8 Å². The fourth-order valence-electron chi connectivity index (χ4n) is 2.57. The summed E-state index contributed by atoms with van der Waals surface area (Å²) in [4.78, 5) is 20.7. The Hall–Kier alpha value is -3.81. The summed E-state index contributed by atoms with van der Waals surface area (Å²) in [5.41, 5.74) is 1.98. The van der Waals surface area contributed by atoms with Gasteiger partial charge in [-0.1, -0.05) is 12.1 Å². The van der Waals surface area contributed by atoms with E-state index in [0.717, 1.165) is 11.3 Å². The molecule has 0 saturated carbocycles. The third-order valence-electron chi connectivity index (χ3n) is 4.18. The molecule has 3 rings (SSSR count). The summed E-state index contributed by atoms with van der Waals surface area (Å²) in [5, 5.41) is 5.90. The molecule has 0 spiro atoms. The van der Waals surface area contributed by atoms with Crippen molar-refractivity contribution in [2.24, 2.45) is 0 Å². The molecule has 2 N–H and O–H groups in total. The largest absolute Gasteiger partial charge is 0.497 e. The first-order valence-corrected chi connectivity index (χ1v) is 8.85. The summed E-state index contributed by atoms with van der Waals surface area (Å²) in [6.45, 7) is 0.393. The van der Waals surface area contributed by atoms with Gasteiger partial charge in [-0.15, -0.1) is 0 Å². The highest BCUT2D eigenvalue weighted by Crippen LogP contribution is 2.30. The van der Waals surface area contributed by atoms with Crippen molar-refractivity contribution in [3.63, 3.8) is 0 Å². The van der Waals surface area contributed by atoms with Crippen LogP contribution in [0.25, 0.3) is 0 Å². The second kappa shape index (κ2) is 9.41. The van der Waals surface area contributed by atoms with Gasteiger partial charge in [0, 0.05) is 25.0 Å². The summed E-state index contributed by atoms with van der Waals surface area (Å²) in [6.07, 6.45) is 2.93. The number of ether oxygens (including phenoxy) is 3. The van der Waals surface area contributed by atoms with Gasteiger partial charge < -0.3 is 24.8 Å². The van der Waals surface area contributed by atoms with E-state index in [1.807, 2.05) is 24.3 Å². The van der Waals surface area contributed by atoms with Crippen molar-refractivity contribution in [1.82, 2.24) is 15.3 Å². The maximum absolute atomic E-state index is 12.3. The molecule has 0 atom stereocenters. The van der Waals surface area contributed by atoms with Gasteiger partial charge in [0.25, 0.3) is 5.91 Å². The number of nitrogens with zero attached hydrogens (tertiary/aromatic N) is 2. The lowest BCUT2D eigenvalue weighted by Crippen LogP contribution is -2.23. The number of carbonyl (C=O) groups excluding carboxylic acids is 1. The smallest absolute Gasteiger partial charge is 0.254 e. The first kappa shape index (κ1) is 19.9. The van der Waals surface area contributed by atoms with Crippen LogP contribution in [-0.4, -0.2) is 37.2 Å². The zero-order valence-corrected chi connectivity index (χ0v) is 16.4. The van der Waals surface area contributed by atoms with Gasteiger partial charge in [-0.2, -0.15) is 0 Å². The number of hydrogen-bond acceptors (Lipinski definition) is 7. The zero-order valence-electron chi connectivity index (χ0n) is 16.4. The predicted molar refractivity (Wildman–Crippen MR) is 109 cm³/mol. The number of benzene rings is 2. The fraction of sp³-hybridized carbons (Fsp3) is 0.190. The molecule has 0 fully saturated rings. The molecule has 150 valence electrons. The van der Waals surface area contributed by atoms with Crippen molar-refractivity contribution >= 4 is 17.5 Å². The summed E-state index contributed by atoms with van der Waals surface area (Å²) < 4.78 is 15.7. The first-order valence-electron chi connectivity index (χ1n) is 8.85. The first-order chi connectivity index (χ1) is 14.1. The number of hydrogen-bond donors (Lipinski definition) is 2. The Morgan fingerprint density at radius 1 is 0.897 bits per heavy atom. The fourth-order valence-corrected chi connectivity index (χ4v) is 2.57. The Bertz CT molecular complexity index is 959.